The molecule has 0 atom stereocenters. The number of phenolic OH excluding ortho intramolecular Hbond substituents is 1. The summed E-state index contributed by atoms with van der Waals surface area (Å²) in [4.78, 5) is 24.1. The van der Waals surface area contributed by atoms with Crippen molar-refractivity contribution in [2.75, 3.05) is 6.61 Å². The van der Waals surface area contributed by atoms with Gasteiger partial charge in [0.2, 0.25) is 0 Å². The fraction of sp³-hybridized carbons (Fsp3) is 0.200. The predicted molar refractivity (Wildman–Crippen MR) is 98.9 cm³/mol. The first-order chi connectivity index (χ1) is 14.1. The van der Waals surface area contributed by atoms with E-state index in [-0.39, 0.29) is 29.0 Å². The highest BCUT2D eigenvalue weighted by Crippen LogP contribution is 2.33. The highest BCUT2D eigenvalue weighted by atomic mass is 19.4. The zero-order valence-electron chi connectivity index (χ0n) is 15.6. The van der Waals surface area contributed by atoms with E-state index < -0.39 is 30.5 Å². The number of esters is 1. The van der Waals surface area contributed by atoms with E-state index in [0.717, 1.165) is 12.1 Å². The SMILES string of the molecule is CCOC(=O)Cc1c(C(=O)O)c2cc(O)ccc2n1-c1ccc(OC(F)(F)F)cc1. The molecule has 0 spiro atoms. The van der Waals surface area contributed by atoms with Crippen molar-refractivity contribution in [3.63, 3.8) is 0 Å². The number of carboxylic acid groups (broad SMARTS) is 1. The molecule has 0 aliphatic carbocycles. The Bertz CT molecular complexity index is 1100. The van der Waals surface area contributed by atoms with Crippen LogP contribution >= 0.6 is 0 Å². The largest absolute Gasteiger partial charge is 0.573 e. The quantitative estimate of drug-likeness (QED) is 0.581. The number of halogens is 3. The van der Waals surface area contributed by atoms with Crippen LogP contribution in [0.25, 0.3) is 16.6 Å². The van der Waals surface area contributed by atoms with Crippen LogP contribution in [-0.2, 0) is 16.0 Å². The summed E-state index contributed by atoms with van der Waals surface area (Å²) in [5, 5.41) is 19.7. The van der Waals surface area contributed by atoms with Crippen molar-refractivity contribution in [3.05, 3.63) is 53.7 Å². The molecule has 0 unspecified atom stereocenters. The van der Waals surface area contributed by atoms with Crippen LogP contribution in [0.5, 0.6) is 11.5 Å². The Balaban J connectivity index is 2.21. The average molecular weight is 423 g/mol. The molecular formula is C20H16F3NO6. The van der Waals surface area contributed by atoms with Crippen LogP contribution in [0.3, 0.4) is 0 Å². The molecule has 158 valence electrons. The van der Waals surface area contributed by atoms with Crippen LogP contribution < -0.4 is 4.74 Å². The second-order valence-corrected chi connectivity index (χ2v) is 6.19. The van der Waals surface area contributed by atoms with Crippen molar-refractivity contribution >= 4 is 22.8 Å². The third kappa shape index (κ3) is 4.32. The zero-order chi connectivity index (χ0) is 22.1. The van der Waals surface area contributed by atoms with Gasteiger partial charge in [0.1, 0.15) is 11.5 Å². The molecule has 3 aromatic rings. The number of aromatic nitrogens is 1. The van der Waals surface area contributed by atoms with Gasteiger partial charge in [-0.2, -0.15) is 0 Å². The lowest BCUT2D eigenvalue weighted by Crippen LogP contribution is -2.17. The van der Waals surface area contributed by atoms with Crippen molar-refractivity contribution in [2.45, 2.75) is 19.7 Å². The summed E-state index contributed by atoms with van der Waals surface area (Å²) in [7, 11) is 0. The van der Waals surface area contributed by atoms with Crippen molar-refractivity contribution in [2.24, 2.45) is 0 Å². The minimum absolute atomic E-state index is 0.0611. The topological polar surface area (TPSA) is 98.0 Å². The van der Waals surface area contributed by atoms with Gasteiger partial charge in [-0.25, -0.2) is 4.79 Å². The fourth-order valence-corrected chi connectivity index (χ4v) is 3.18. The van der Waals surface area contributed by atoms with Crippen LogP contribution in [0.1, 0.15) is 23.0 Å². The van der Waals surface area contributed by atoms with Gasteiger partial charge in [-0.15, -0.1) is 13.2 Å². The first kappa shape index (κ1) is 21.0. The lowest BCUT2D eigenvalue weighted by atomic mass is 10.1. The van der Waals surface area contributed by atoms with Crippen molar-refractivity contribution in [1.29, 1.82) is 0 Å². The molecule has 0 bridgehead atoms. The molecule has 0 fully saturated rings. The van der Waals surface area contributed by atoms with Gasteiger partial charge >= 0.3 is 18.3 Å². The Morgan fingerprint density at radius 3 is 2.33 bits per heavy atom. The molecule has 0 aliphatic rings. The van der Waals surface area contributed by atoms with Crippen molar-refractivity contribution in [3.8, 4) is 17.2 Å². The van der Waals surface area contributed by atoms with Gasteiger partial charge in [-0.3, -0.25) is 4.79 Å². The molecule has 0 amide bonds. The van der Waals surface area contributed by atoms with E-state index in [1.54, 1.807) is 6.92 Å². The molecule has 0 radical (unpaired) electrons. The maximum atomic E-state index is 12.4. The van der Waals surface area contributed by atoms with Gasteiger partial charge < -0.3 is 24.3 Å². The summed E-state index contributed by atoms with van der Waals surface area (Å²) in [5.74, 6) is -2.64. The van der Waals surface area contributed by atoms with Crippen LogP contribution in [0, 0.1) is 0 Å². The zero-order valence-corrected chi connectivity index (χ0v) is 15.6. The number of nitrogens with zero attached hydrogens (tertiary/aromatic N) is 1. The monoisotopic (exact) mass is 423 g/mol. The number of rotatable bonds is 6. The Hall–Kier alpha value is -3.69. The van der Waals surface area contributed by atoms with E-state index in [0.29, 0.717) is 11.2 Å². The number of hydrogen-bond acceptors (Lipinski definition) is 5. The molecule has 3 rings (SSSR count). The van der Waals surface area contributed by atoms with Crippen LogP contribution in [0.4, 0.5) is 13.2 Å². The van der Waals surface area contributed by atoms with E-state index in [2.05, 4.69) is 4.74 Å². The van der Waals surface area contributed by atoms with Crippen LogP contribution in [0.2, 0.25) is 0 Å². The second kappa shape index (κ2) is 7.97. The molecular weight excluding hydrogens is 407 g/mol. The molecule has 0 aliphatic heterocycles. The predicted octanol–water partition coefficient (Wildman–Crippen LogP) is 4.04. The highest BCUT2D eigenvalue weighted by molar-refractivity contribution is 6.07. The lowest BCUT2D eigenvalue weighted by Gasteiger charge is -2.13. The smallest absolute Gasteiger partial charge is 0.508 e. The van der Waals surface area contributed by atoms with E-state index in [9.17, 15) is 33.0 Å². The van der Waals surface area contributed by atoms with Crippen LogP contribution in [-0.4, -0.2) is 39.7 Å². The summed E-state index contributed by atoms with van der Waals surface area (Å²) in [6.45, 7) is 1.69. The van der Waals surface area contributed by atoms with Gasteiger partial charge in [-0.05, 0) is 49.4 Å². The number of ether oxygens (including phenoxy) is 2. The average Bonchev–Trinajstić information content (AvgIpc) is 2.94. The minimum atomic E-state index is -4.86. The molecule has 10 heteroatoms. The highest BCUT2D eigenvalue weighted by Gasteiger charge is 2.31. The van der Waals surface area contributed by atoms with Crippen molar-refractivity contribution in [1.82, 2.24) is 4.57 Å². The lowest BCUT2D eigenvalue weighted by molar-refractivity contribution is -0.274. The molecule has 1 heterocycles. The second-order valence-electron chi connectivity index (χ2n) is 6.19. The van der Waals surface area contributed by atoms with Crippen molar-refractivity contribution < 1.29 is 42.4 Å². The molecule has 2 aromatic carbocycles. The summed E-state index contributed by atoms with van der Waals surface area (Å²) >= 11 is 0. The van der Waals surface area contributed by atoms with E-state index >= 15 is 0 Å². The maximum absolute atomic E-state index is 12.4. The molecule has 0 saturated heterocycles. The number of carbonyl (C=O) groups excluding carboxylic acids is 1. The molecule has 1 aromatic heterocycles. The third-order valence-electron chi connectivity index (χ3n) is 4.21. The fourth-order valence-electron chi connectivity index (χ4n) is 3.18. The number of phenols is 1. The summed E-state index contributed by atoms with van der Waals surface area (Å²) in [6.07, 6.45) is -5.25. The molecule has 7 nitrogen and oxygen atoms in total. The first-order valence-corrected chi connectivity index (χ1v) is 8.72. The van der Waals surface area contributed by atoms with Gasteiger partial charge in [0.25, 0.3) is 0 Å². The number of hydrogen-bond donors (Lipinski definition) is 2. The summed E-state index contributed by atoms with van der Waals surface area (Å²) < 4.78 is 47.5. The molecule has 0 saturated carbocycles. The Kier molecular flexibility index (Phi) is 5.59. The number of alkyl halides is 3. The third-order valence-corrected chi connectivity index (χ3v) is 4.21. The first-order valence-electron chi connectivity index (χ1n) is 8.72. The van der Waals surface area contributed by atoms with Gasteiger partial charge in [0.15, 0.2) is 0 Å². The molecule has 30 heavy (non-hydrogen) atoms. The molecule has 2 N–H and O–H groups in total. The standard InChI is InChI=1S/C20H16F3NO6/c1-2-29-17(26)10-16-18(19(27)28)14-9-12(25)5-8-15(14)24(16)11-3-6-13(7-4-11)30-20(21,22)23/h3-9,25H,2,10H2,1H3,(H,27,28). The summed E-state index contributed by atoms with van der Waals surface area (Å²) in [6, 6.07) is 8.77. The van der Waals surface area contributed by atoms with E-state index in [1.807, 2.05) is 0 Å². The van der Waals surface area contributed by atoms with E-state index in [1.165, 1.54) is 34.9 Å². The Morgan fingerprint density at radius 2 is 1.77 bits per heavy atom. The number of aromatic carboxylic acids is 1. The van der Waals surface area contributed by atoms with Gasteiger partial charge in [0, 0.05) is 16.8 Å². The Morgan fingerprint density at radius 1 is 1.10 bits per heavy atom. The Labute approximate surface area is 167 Å². The minimum Gasteiger partial charge on any atom is -0.508 e. The number of fused-ring (bicyclic) bond motifs is 1. The summed E-state index contributed by atoms with van der Waals surface area (Å²) in [5.41, 5.74) is 0.483. The number of carboxylic acids is 1. The maximum Gasteiger partial charge on any atom is 0.573 e. The van der Waals surface area contributed by atoms with Crippen LogP contribution in [0.15, 0.2) is 42.5 Å². The van der Waals surface area contributed by atoms with E-state index in [4.69, 9.17) is 4.74 Å². The normalized spacial score (nSPS) is 11.5. The number of benzene rings is 2. The van der Waals surface area contributed by atoms with Gasteiger partial charge in [-0.1, -0.05) is 0 Å². The number of carbonyl (C=O) groups is 2. The number of aromatic hydroxyl groups is 1. The van der Waals surface area contributed by atoms with Gasteiger partial charge in [0.05, 0.1) is 24.1 Å².